The van der Waals surface area contributed by atoms with E-state index in [1.165, 1.54) is 90.9 Å². The Bertz CT molecular complexity index is 476. The summed E-state index contributed by atoms with van der Waals surface area (Å²) in [7, 11) is 0. The number of Topliss-reactive ketones (excluding diaryl/α,β-unsaturated/α-hetero) is 2. The van der Waals surface area contributed by atoms with Gasteiger partial charge in [0.25, 0.3) is 0 Å². The standard InChI is InChI=1S/2C14H26O3.Ni/c2*1-3-4-5-6-7-8-9-10-11-17-14(16)12-13(2)15;/h2*3-12H2,1-2H3;. The van der Waals surface area contributed by atoms with E-state index in [0.29, 0.717) is 13.2 Å². The van der Waals surface area contributed by atoms with Crippen LogP contribution in [0.15, 0.2) is 0 Å². The van der Waals surface area contributed by atoms with Crippen LogP contribution in [0.2, 0.25) is 0 Å². The van der Waals surface area contributed by atoms with Crippen LogP contribution in [0.25, 0.3) is 0 Å². The molecule has 0 aliphatic heterocycles. The molecule has 0 amide bonds. The number of carbonyl (C=O) groups excluding carboxylic acids is 4. The number of hydrogen-bond donors (Lipinski definition) is 0. The van der Waals surface area contributed by atoms with Gasteiger partial charge in [-0.15, -0.1) is 0 Å². The van der Waals surface area contributed by atoms with E-state index in [-0.39, 0.29) is 52.8 Å². The molecule has 210 valence electrons. The second kappa shape index (κ2) is 30.8. The normalized spacial score (nSPS) is 9.94. The minimum absolute atomic E-state index is 0. The molecule has 0 aromatic heterocycles. The number of carbonyl (C=O) groups is 4. The van der Waals surface area contributed by atoms with Crippen LogP contribution in [-0.2, 0) is 45.1 Å². The maximum atomic E-state index is 11.0. The third-order valence-electron chi connectivity index (χ3n) is 5.31. The van der Waals surface area contributed by atoms with Gasteiger partial charge in [0.1, 0.15) is 24.4 Å². The van der Waals surface area contributed by atoms with Crippen molar-refractivity contribution in [1.82, 2.24) is 0 Å². The van der Waals surface area contributed by atoms with E-state index in [9.17, 15) is 19.2 Å². The van der Waals surface area contributed by atoms with Gasteiger partial charge < -0.3 is 9.47 Å². The van der Waals surface area contributed by atoms with Crippen LogP contribution in [0.1, 0.15) is 143 Å². The Morgan fingerprint density at radius 3 is 0.971 bits per heavy atom. The van der Waals surface area contributed by atoms with Crippen molar-refractivity contribution in [2.75, 3.05) is 13.2 Å². The van der Waals surface area contributed by atoms with Crippen LogP contribution >= 0.6 is 0 Å². The molecule has 0 N–H and O–H groups in total. The Kier molecular flexibility index (Phi) is 33.7. The average Bonchev–Trinajstić information content (AvgIpc) is 2.76. The molecular weight excluding hydrogens is 491 g/mol. The molecule has 0 heterocycles. The summed E-state index contributed by atoms with van der Waals surface area (Å²) in [5.74, 6) is -1.04. The van der Waals surface area contributed by atoms with Crippen molar-refractivity contribution >= 4 is 23.5 Å². The first kappa shape index (κ1) is 38.3. The van der Waals surface area contributed by atoms with Gasteiger partial charge in [0.15, 0.2) is 0 Å². The second-order valence-corrected chi connectivity index (χ2v) is 9.15. The molecule has 35 heavy (non-hydrogen) atoms. The molecule has 0 bridgehead atoms. The van der Waals surface area contributed by atoms with Gasteiger partial charge in [-0.2, -0.15) is 0 Å². The van der Waals surface area contributed by atoms with Crippen molar-refractivity contribution in [2.45, 2.75) is 143 Å². The van der Waals surface area contributed by atoms with Crippen LogP contribution in [0.4, 0.5) is 0 Å². The molecule has 0 atom stereocenters. The van der Waals surface area contributed by atoms with E-state index in [1.807, 2.05) is 0 Å². The van der Waals surface area contributed by atoms with E-state index in [0.717, 1.165) is 25.7 Å². The van der Waals surface area contributed by atoms with Gasteiger partial charge in [-0.1, -0.05) is 104 Å². The smallest absolute Gasteiger partial charge is 0.313 e. The maximum absolute atomic E-state index is 11.0. The van der Waals surface area contributed by atoms with Crippen molar-refractivity contribution < 1.29 is 45.1 Å². The molecule has 0 spiro atoms. The van der Waals surface area contributed by atoms with Gasteiger partial charge in [0.2, 0.25) is 0 Å². The first-order chi connectivity index (χ1) is 16.3. The Balaban J connectivity index is -0.000000569. The van der Waals surface area contributed by atoms with E-state index < -0.39 is 0 Å². The van der Waals surface area contributed by atoms with Crippen molar-refractivity contribution in [3.05, 3.63) is 0 Å². The number of esters is 2. The zero-order valence-corrected chi connectivity index (χ0v) is 23.9. The first-order valence-corrected chi connectivity index (χ1v) is 13.6. The fourth-order valence-electron chi connectivity index (χ4n) is 3.35. The summed E-state index contributed by atoms with van der Waals surface area (Å²) in [5.41, 5.74) is 0. The predicted molar refractivity (Wildman–Crippen MR) is 138 cm³/mol. The monoisotopic (exact) mass is 542 g/mol. The third kappa shape index (κ3) is 37.5. The summed E-state index contributed by atoms with van der Waals surface area (Å²) in [6.07, 6.45) is 19.4. The molecule has 0 aliphatic rings. The zero-order valence-electron chi connectivity index (χ0n) is 22.9. The van der Waals surface area contributed by atoms with Gasteiger partial charge in [-0.25, -0.2) is 0 Å². The van der Waals surface area contributed by atoms with E-state index >= 15 is 0 Å². The SMILES string of the molecule is CCCCCCCCCCOC(=O)CC(C)=O.CCCCCCCCCCOC(=O)CC(C)=O.[Ni]. The van der Waals surface area contributed by atoms with Crippen molar-refractivity contribution in [1.29, 1.82) is 0 Å². The summed E-state index contributed by atoms with van der Waals surface area (Å²) in [5, 5.41) is 0. The third-order valence-corrected chi connectivity index (χ3v) is 5.31. The molecule has 0 aliphatic carbocycles. The topological polar surface area (TPSA) is 86.7 Å². The molecule has 0 radical (unpaired) electrons. The molecule has 0 aromatic rings. The maximum Gasteiger partial charge on any atom is 0.313 e. The fourth-order valence-corrected chi connectivity index (χ4v) is 3.35. The first-order valence-electron chi connectivity index (χ1n) is 13.6. The molecular formula is C28H52NiO6. The summed E-state index contributed by atoms with van der Waals surface area (Å²) in [4.78, 5) is 43.3. The number of ether oxygens (including phenoxy) is 2. The van der Waals surface area contributed by atoms with E-state index in [1.54, 1.807) is 0 Å². The minimum atomic E-state index is -0.388. The van der Waals surface area contributed by atoms with Crippen LogP contribution < -0.4 is 0 Å². The average molecular weight is 543 g/mol. The summed E-state index contributed by atoms with van der Waals surface area (Å²) >= 11 is 0. The van der Waals surface area contributed by atoms with Gasteiger partial charge in [0, 0.05) is 16.5 Å². The molecule has 0 saturated carbocycles. The molecule has 0 fully saturated rings. The number of unbranched alkanes of at least 4 members (excludes halogenated alkanes) is 14. The summed E-state index contributed by atoms with van der Waals surface area (Å²) in [6, 6.07) is 0. The van der Waals surface area contributed by atoms with Crippen molar-refractivity contribution in [2.24, 2.45) is 0 Å². The molecule has 0 rings (SSSR count). The van der Waals surface area contributed by atoms with Crippen LogP contribution in [0.3, 0.4) is 0 Å². The van der Waals surface area contributed by atoms with Gasteiger partial charge in [0.05, 0.1) is 13.2 Å². The molecule has 0 saturated heterocycles. The number of hydrogen-bond acceptors (Lipinski definition) is 6. The van der Waals surface area contributed by atoms with E-state index in [4.69, 9.17) is 9.47 Å². The quantitative estimate of drug-likeness (QED) is 0.0617. The van der Waals surface area contributed by atoms with Crippen molar-refractivity contribution in [3.8, 4) is 0 Å². The zero-order chi connectivity index (χ0) is 25.9. The summed E-state index contributed by atoms with van der Waals surface area (Å²) in [6.45, 7) is 8.15. The number of ketones is 2. The molecule has 0 unspecified atom stereocenters. The van der Waals surface area contributed by atoms with Gasteiger partial charge in [-0.05, 0) is 26.7 Å². The summed E-state index contributed by atoms with van der Waals surface area (Å²) < 4.78 is 9.88. The largest absolute Gasteiger partial charge is 0.465 e. The second-order valence-electron chi connectivity index (χ2n) is 9.15. The molecule has 7 heteroatoms. The Hall–Kier alpha value is -1.23. The molecule has 6 nitrogen and oxygen atoms in total. The van der Waals surface area contributed by atoms with Crippen LogP contribution in [0.5, 0.6) is 0 Å². The van der Waals surface area contributed by atoms with Crippen LogP contribution in [0, 0.1) is 0 Å². The van der Waals surface area contributed by atoms with Gasteiger partial charge in [-0.3, -0.25) is 19.2 Å². The fraction of sp³-hybridized carbons (Fsp3) is 0.857. The molecule has 0 aromatic carbocycles. The Morgan fingerprint density at radius 1 is 0.457 bits per heavy atom. The minimum Gasteiger partial charge on any atom is -0.465 e. The Labute approximate surface area is 225 Å². The Morgan fingerprint density at radius 2 is 0.714 bits per heavy atom. The van der Waals surface area contributed by atoms with Gasteiger partial charge >= 0.3 is 11.9 Å². The predicted octanol–water partition coefficient (Wildman–Crippen LogP) is 7.30. The van der Waals surface area contributed by atoms with Crippen LogP contribution in [-0.4, -0.2) is 36.7 Å². The van der Waals surface area contributed by atoms with E-state index in [2.05, 4.69) is 13.8 Å². The number of rotatable bonds is 22. The van der Waals surface area contributed by atoms with Crippen molar-refractivity contribution in [3.63, 3.8) is 0 Å².